The summed E-state index contributed by atoms with van der Waals surface area (Å²) in [6.45, 7) is 6.26. The van der Waals surface area contributed by atoms with Crippen LogP contribution in [0.5, 0.6) is 0 Å². The summed E-state index contributed by atoms with van der Waals surface area (Å²) in [4.78, 5) is 8.40. The zero-order valence-electron chi connectivity index (χ0n) is 10.4. The van der Waals surface area contributed by atoms with Gasteiger partial charge in [0, 0.05) is 24.2 Å². The van der Waals surface area contributed by atoms with Gasteiger partial charge in [-0.2, -0.15) is 0 Å². The Kier molecular flexibility index (Phi) is 2.61. The largest absolute Gasteiger partial charge is 0.284 e. The fraction of sp³-hybridized carbons (Fsp3) is 0.500. The van der Waals surface area contributed by atoms with Crippen molar-refractivity contribution in [3.63, 3.8) is 0 Å². The van der Waals surface area contributed by atoms with E-state index >= 15 is 0 Å². The number of pyridine rings is 1. The third kappa shape index (κ3) is 2.24. The second-order valence-electron chi connectivity index (χ2n) is 5.47. The molecule has 2 rings (SSSR count). The van der Waals surface area contributed by atoms with Crippen molar-refractivity contribution in [3.05, 3.63) is 23.4 Å². The fourth-order valence-electron chi connectivity index (χ4n) is 1.93. The monoisotopic (exact) mass is 252 g/mol. The molecule has 0 aliphatic carbocycles. The Morgan fingerprint density at radius 2 is 1.94 bits per heavy atom. The van der Waals surface area contributed by atoms with Crippen molar-refractivity contribution >= 4 is 16.1 Å². The molecule has 1 aliphatic heterocycles. The molecule has 0 radical (unpaired) electrons. The minimum Gasteiger partial charge on any atom is -0.284 e. The zero-order chi connectivity index (χ0) is 12.8. The van der Waals surface area contributed by atoms with E-state index in [-0.39, 0.29) is 16.5 Å². The molecule has 0 saturated carbocycles. The minimum atomic E-state index is -3.26. The van der Waals surface area contributed by atoms with E-state index in [9.17, 15) is 8.42 Å². The molecule has 17 heavy (non-hydrogen) atoms. The maximum absolute atomic E-state index is 11.5. The molecule has 2 heterocycles. The lowest BCUT2D eigenvalue weighted by Crippen LogP contribution is -2.15. The van der Waals surface area contributed by atoms with Crippen LogP contribution in [0.3, 0.4) is 0 Å². The molecule has 1 aromatic heterocycles. The highest BCUT2D eigenvalue weighted by molar-refractivity contribution is 7.90. The van der Waals surface area contributed by atoms with E-state index in [2.05, 4.69) is 30.7 Å². The van der Waals surface area contributed by atoms with Crippen molar-refractivity contribution < 1.29 is 8.42 Å². The second kappa shape index (κ2) is 3.63. The lowest BCUT2D eigenvalue weighted by atomic mass is 9.83. The maximum Gasteiger partial charge on any atom is 0.192 e. The van der Waals surface area contributed by atoms with E-state index in [0.29, 0.717) is 0 Å². The van der Waals surface area contributed by atoms with E-state index in [4.69, 9.17) is 0 Å². The molecule has 0 N–H and O–H groups in total. The zero-order valence-corrected chi connectivity index (χ0v) is 11.2. The van der Waals surface area contributed by atoms with Crippen LogP contribution in [0.4, 0.5) is 0 Å². The van der Waals surface area contributed by atoms with E-state index in [0.717, 1.165) is 11.1 Å². The van der Waals surface area contributed by atoms with Gasteiger partial charge in [-0.3, -0.25) is 4.99 Å². The molecular weight excluding hydrogens is 236 g/mol. The molecule has 0 bridgehead atoms. The van der Waals surface area contributed by atoms with Gasteiger partial charge in [0.15, 0.2) is 14.9 Å². The number of hydrogen-bond donors (Lipinski definition) is 0. The van der Waals surface area contributed by atoms with Crippen molar-refractivity contribution in [1.29, 1.82) is 0 Å². The summed E-state index contributed by atoms with van der Waals surface area (Å²) in [5.74, 6) is 0. The topological polar surface area (TPSA) is 59.4 Å². The summed E-state index contributed by atoms with van der Waals surface area (Å²) in [6, 6.07) is 1.65. The summed E-state index contributed by atoms with van der Waals surface area (Å²) in [5.41, 5.74) is 1.84. The maximum atomic E-state index is 11.5. The van der Waals surface area contributed by atoms with Gasteiger partial charge < -0.3 is 0 Å². The molecule has 92 valence electrons. The van der Waals surface area contributed by atoms with Crippen LogP contribution in [0.15, 0.2) is 22.3 Å². The van der Waals surface area contributed by atoms with Crippen LogP contribution in [-0.2, 0) is 9.84 Å². The van der Waals surface area contributed by atoms with Gasteiger partial charge in [0.1, 0.15) is 0 Å². The van der Waals surface area contributed by atoms with Gasteiger partial charge in [-0.1, -0.05) is 20.8 Å². The number of sulfone groups is 1. The Balaban J connectivity index is 2.55. The molecule has 0 fully saturated rings. The molecule has 0 aromatic carbocycles. The number of aliphatic imine (C=N–C) groups is 1. The van der Waals surface area contributed by atoms with Gasteiger partial charge >= 0.3 is 0 Å². The molecule has 0 saturated heterocycles. The summed E-state index contributed by atoms with van der Waals surface area (Å²) in [7, 11) is -3.26. The molecule has 0 amide bonds. The van der Waals surface area contributed by atoms with Gasteiger partial charge in [-0.25, -0.2) is 13.4 Å². The van der Waals surface area contributed by atoms with Crippen LogP contribution in [0.2, 0.25) is 0 Å². The Bertz CT molecular complexity index is 583. The van der Waals surface area contributed by atoms with Gasteiger partial charge in [-0.15, -0.1) is 0 Å². The van der Waals surface area contributed by atoms with E-state index in [1.807, 2.05) is 0 Å². The van der Waals surface area contributed by atoms with Crippen LogP contribution in [0.25, 0.3) is 0 Å². The van der Waals surface area contributed by atoms with Crippen molar-refractivity contribution in [2.24, 2.45) is 10.4 Å². The van der Waals surface area contributed by atoms with Crippen LogP contribution in [0, 0.1) is 5.41 Å². The number of nitrogens with zero attached hydrogens (tertiary/aromatic N) is 2. The highest BCUT2D eigenvalue weighted by atomic mass is 32.2. The van der Waals surface area contributed by atoms with Crippen molar-refractivity contribution in [3.8, 4) is 0 Å². The van der Waals surface area contributed by atoms with Gasteiger partial charge in [-0.05, 0) is 17.0 Å². The smallest absolute Gasteiger partial charge is 0.192 e. The third-order valence-corrected chi connectivity index (χ3v) is 3.78. The average Bonchev–Trinajstić information content (AvgIpc) is 2.57. The van der Waals surface area contributed by atoms with Gasteiger partial charge in [0.25, 0.3) is 0 Å². The van der Waals surface area contributed by atoms with E-state index < -0.39 is 9.84 Å². The first kappa shape index (κ1) is 12.2. The highest BCUT2D eigenvalue weighted by Gasteiger charge is 2.31. The Hall–Kier alpha value is -1.23. The summed E-state index contributed by atoms with van der Waals surface area (Å²) in [6.07, 6.45) is 4.52. The predicted molar refractivity (Wildman–Crippen MR) is 67.1 cm³/mol. The van der Waals surface area contributed by atoms with Crippen LogP contribution in [-0.4, -0.2) is 25.9 Å². The van der Waals surface area contributed by atoms with Crippen molar-refractivity contribution in [1.82, 2.24) is 4.98 Å². The van der Waals surface area contributed by atoms with Crippen molar-refractivity contribution in [2.45, 2.75) is 31.8 Å². The normalized spacial score (nSPS) is 19.4. The SMILES string of the molecule is CC(C)(C)C1N=Cc2cnc(S(C)(=O)=O)cc21. The lowest BCUT2D eigenvalue weighted by Gasteiger charge is -2.25. The van der Waals surface area contributed by atoms with E-state index in [1.165, 1.54) is 6.26 Å². The van der Waals surface area contributed by atoms with Crippen LogP contribution < -0.4 is 0 Å². The van der Waals surface area contributed by atoms with Gasteiger partial charge in [0.05, 0.1) is 6.04 Å². The van der Waals surface area contributed by atoms with Crippen molar-refractivity contribution in [2.75, 3.05) is 6.26 Å². The molecule has 1 atom stereocenters. The summed E-state index contributed by atoms with van der Waals surface area (Å²) < 4.78 is 23.0. The van der Waals surface area contributed by atoms with Crippen LogP contribution in [0.1, 0.15) is 37.9 Å². The molecule has 1 unspecified atom stereocenters. The average molecular weight is 252 g/mol. The first-order valence-electron chi connectivity index (χ1n) is 5.43. The summed E-state index contributed by atoms with van der Waals surface area (Å²) >= 11 is 0. The number of rotatable bonds is 1. The minimum absolute atomic E-state index is 0.000926. The lowest BCUT2D eigenvalue weighted by molar-refractivity contribution is 0.333. The first-order chi connectivity index (χ1) is 7.69. The quantitative estimate of drug-likeness (QED) is 0.768. The molecule has 0 spiro atoms. The second-order valence-corrected chi connectivity index (χ2v) is 7.43. The fourth-order valence-corrected chi connectivity index (χ4v) is 2.52. The molecule has 4 nitrogen and oxygen atoms in total. The number of aromatic nitrogens is 1. The molecule has 5 heteroatoms. The Morgan fingerprint density at radius 3 is 2.47 bits per heavy atom. The Morgan fingerprint density at radius 1 is 1.29 bits per heavy atom. The molecule has 1 aromatic rings. The predicted octanol–water partition coefficient (Wildman–Crippen LogP) is 2.00. The molecule has 1 aliphatic rings. The number of fused-ring (bicyclic) bond motifs is 1. The summed E-state index contributed by atoms with van der Waals surface area (Å²) in [5, 5.41) is 0.121. The standard InChI is InChI=1S/C12H16N2O2S/c1-12(2,3)11-9-5-10(17(4,15)16)13-6-8(9)7-14-11/h5-7,11H,1-4H3. The van der Waals surface area contributed by atoms with Crippen LogP contribution >= 0.6 is 0 Å². The highest BCUT2D eigenvalue weighted by Crippen LogP contribution is 2.40. The third-order valence-electron chi connectivity index (χ3n) is 2.80. The van der Waals surface area contributed by atoms with E-state index in [1.54, 1.807) is 18.5 Å². The molecular formula is C12H16N2O2S. The Labute approximate surface area is 102 Å². The van der Waals surface area contributed by atoms with Gasteiger partial charge in [0.2, 0.25) is 0 Å². The number of hydrogen-bond acceptors (Lipinski definition) is 4. The first-order valence-corrected chi connectivity index (χ1v) is 7.32.